The van der Waals surface area contributed by atoms with Crippen molar-refractivity contribution in [3.8, 4) is 0 Å². The summed E-state index contributed by atoms with van der Waals surface area (Å²) in [6.07, 6.45) is 0.0474. The summed E-state index contributed by atoms with van der Waals surface area (Å²) in [6.45, 7) is 5.53. The molecule has 0 radical (unpaired) electrons. The highest BCUT2D eigenvalue weighted by Gasteiger charge is 2.35. The van der Waals surface area contributed by atoms with Crippen LogP contribution in [-0.2, 0) is 4.79 Å². The van der Waals surface area contributed by atoms with Gasteiger partial charge in [-0.15, -0.1) is 11.3 Å². The maximum atomic E-state index is 12.0. The highest BCUT2D eigenvalue weighted by atomic mass is 32.1. The van der Waals surface area contributed by atoms with Gasteiger partial charge in [0.25, 0.3) is 0 Å². The smallest absolute Gasteiger partial charge is 0.238 e. The first-order chi connectivity index (χ1) is 8.49. The lowest BCUT2D eigenvalue weighted by molar-refractivity contribution is -0.130. The second kappa shape index (κ2) is 5.38. The normalized spacial score (nSPS) is 21.9. The molecule has 100 valence electrons. The van der Waals surface area contributed by atoms with Crippen LogP contribution in [0, 0.1) is 6.92 Å². The molecular weight excluding hydrogens is 246 g/mol. The first-order valence-electron chi connectivity index (χ1n) is 6.24. The second-order valence-corrected chi connectivity index (χ2v) is 6.46. The fraction of sp³-hybridized carbons (Fsp3) is 0.615. The molecule has 0 aromatic carbocycles. The van der Waals surface area contributed by atoms with Crippen molar-refractivity contribution in [1.82, 2.24) is 15.1 Å². The van der Waals surface area contributed by atoms with Crippen LogP contribution in [-0.4, -0.2) is 48.9 Å². The van der Waals surface area contributed by atoms with Gasteiger partial charge in [-0.1, -0.05) is 0 Å². The van der Waals surface area contributed by atoms with Gasteiger partial charge < -0.3 is 9.80 Å². The van der Waals surface area contributed by atoms with Crippen LogP contribution in [0.15, 0.2) is 12.1 Å². The van der Waals surface area contributed by atoms with Crippen LogP contribution >= 0.6 is 11.3 Å². The van der Waals surface area contributed by atoms with E-state index in [4.69, 9.17) is 0 Å². The maximum absolute atomic E-state index is 12.0. The quantitative estimate of drug-likeness (QED) is 0.896. The van der Waals surface area contributed by atoms with E-state index in [1.54, 1.807) is 11.3 Å². The molecule has 5 heteroatoms. The van der Waals surface area contributed by atoms with Crippen molar-refractivity contribution in [3.63, 3.8) is 0 Å². The highest BCUT2D eigenvalue weighted by molar-refractivity contribution is 7.12. The largest absolute Gasteiger partial charge is 0.317 e. The average Bonchev–Trinajstić information content (AvgIpc) is 2.83. The molecule has 1 fully saturated rings. The standard InChI is InChI=1S/C13H21N3OS/c1-9(8-15(3)4)16-12(17)7-14-13(16)11-6-5-10(2)18-11/h5-6,9,13-14H,7-8H2,1-4H3. The molecule has 0 spiro atoms. The molecule has 0 bridgehead atoms. The van der Waals surface area contributed by atoms with E-state index in [-0.39, 0.29) is 18.1 Å². The summed E-state index contributed by atoms with van der Waals surface area (Å²) >= 11 is 1.76. The van der Waals surface area contributed by atoms with Crippen molar-refractivity contribution in [1.29, 1.82) is 0 Å². The van der Waals surface area contributed by atoms with Crippen LogP contribution in [0.5, 0.6) is 0 Å². The molecule has 1 N–H and O–H groups in total. The van der Waals surface area contributed by atoms with Gasteiger partial charge in [-0.25, -0.2) is 0 Å². The minimum absolute atomic E-state index is 0.0474. The van der Waals surface area contributed by atoms with Crippen LogP contribution in [0.25, 0.3) is 0 Å². The van der Waals surface area contributed by atoms with Gasteiger partial charge in [0.15, 0.2) is 0 Å². The number of nitrogens with one attached hydrogen (secondary N) is 1. The van der Waals surface area contributed by atoms with Crippen molar-refractivity contribution in [2.24, 2.45) is 0 Å². The average molecular weight is 267 g/mol. The van der Waals surface area contributed by atoms with Crippen molar-refractivity contribution in [3.05, 3.63) is 21.9 Å². The van der Waals surface area contributed by atoms with Crippen LogP contribution in [0.2, 0.25) is 0 Å². The number of aryl methyl sites for hydroxylation is 1. The summed E-state index contributed by atoms with van der Waals surface area (Å²) in [7, 11) is 4.07. The molecular formula is C13H21N3OS. The van der Waals surface area contributed by atoms with E-state index < -0.39 is 0 Å². The number of carbonyl (C=O) groups is 1. The molecule has 2 atom stereocenters. The number of carbonyl (C=O) groups excluding carboxylic acids is 1. The zero-order chi connectivity index (χ0) is 13.3. The van der Waals surface area contributed by atoms with E-state index >= 15 is 0 Å². The summed E-state index contributed by atoms with van der Waals surface area (Å²) in [6, 6.07) is 4.44. The lowest BCUT2D eigenvalue weighted by atomic mass is 10.2. The Balaban J connectivity index is 2.17. The van der Waals surface area contributed by atoms with Crippen LogP contribution in [0.1, 0.15) is 22.8 Å². The Morgan fingerprint density at radius 1 is 1.56 bits per heavy atom. The monoisotopic (exact) mass is 267 g/mol. The molecule has 1 aliphatic rings. The molecule has 2 unspecified atom stereocenters. The van der Waals surface area contributed by atoms with Gasteiger partial charge in [0.05, 0.1) is 6.54 Å². The summed E-state index contributed by atoms with van der Waals surface area (Å²) in [4.78, 5) is 18.6. The number of nitrogens with zero attached hydrogens (tertiary/aromatic N) is 2. The van der Waals surface area contributed by atoms with Gasteiger partial charge in [-0.3, -0.25) is 10.1 Å². The van der Waals surface area contributed by atoms with Crippen molar-refractivity contribution in [2.45, 2.75) is 26.1 Å². The first-order valence-corrected chi connectivity index (χ1v) is 7.06. The zero-order valence-electron chi connectivity index (χ0n) is 11.4. The third kappa shape index (κ3) is 2.74. The Morgan fingerprint density at radius 2 is 2.28 bits per heavy atom. The molecule has 1 saturated heterocycles. The predicted octanol–water partition coefficient (Wildman–Crippen LogP) is 1.44. The lowest BCUT2D eigenvalue weighted by Crippen LogP contribution is -2.43. The topological polar surface area (TPSA) is 35.6 Å². The van der Waals surface area contributed by atoms with Gasteiger partial charge in [-0.05, 0) is 40.1 Å². The van der Waals surface area contributed by atoms with E-state index in [0.717, 1.165) is 6.54 Å². The number of likely N-dealkylation sites (N-methyl/N-ethyl adjacent to an activating group) is 1. The van der Waals surface area contributed by atoms with E-state index in [9.17, 15) is 4.79 Å². The summed E-state index contributed by atoms with van der Waals surface area (Å²) in [5, 5.41) is 3.31. The first kappa shape index (κ1) is 13.5. The van der Waals surface area contributed by atoms with Gasteiger partial charge in [-0.2, -0.15) is 0 Å². The zero-order valence-corrected chi connectivity index (χ0v) is 12.3. The van der Waals surface area contributed by atoms with Crippen molar-refractivity contribution >= 4 is 17.2 Å². The predicted molar refractivity (Wildman–Crippen MR) is 74.7 cm³/mol. The third-order valence-electron chi connectivity index (χ3n) is 3.15. The van der Waals surface area contributed by atoms with Gasteiger partial charge >= 0.3 is 0 Å². The highest BCUT2D eigenvalue weighted by Crippen LogP contribution is 2.30. The number of thiophene rings is 1. The Bertz CT molecular complexity index is 430. The summed E-state index contributed by atoms with van der Waals surface area (Å²) in [5.74, 6) is 0.195. The van der Waals surface area contributed by atoms with Crippen molar-refractivity contribution in [2.75, 3.05) is 27.2 Å². The summed E-state index contributed by atoms with van der Waals surface area (Å²) < 4.78 is 0. The van der Waals surface area contributed by atoms with Crippen LogP contribution < -0.4 is 5.32 Å². The molecule has 1 aliphatic heterocycles. The Morgan fingerprint density at radius 3 is 2.83 bits per heavy atom. The third-order valence-corrected chi connectivity index (χ3v) is 4.20. The van der Waals surface area contributed by atoms with Gasteiger partial charge in [0, 0.05) is 22.3 Å². The maximum Gasteiger partial charge on any atom is 0.238 e. The van der Waals surface area contributed by atoms with Crippen LogP contribution in [0.4, 0.5) is 0 Å². The molecule has 4 nitrogen and oxygen atoms in total. The summed E-state index contributed by atoms with van der Waals surface area (Å²) in [5.41, 5.74) is 0. The van der Waals surface area contributed by atoms with Gasteiger partial charge in [0.1, 0.15) is 6.17 Å². The SMILES string of the molecule is Cc1ccc(C2NCC(=O)N2C(C)CN(C)C)s1. The fourth-order valence-corrected chi connectivity index (χ4v) is 3.42. The molecule has 18 heavy (non-hydrogen) atoms. The fourth-order valence-electron chi connectivity index (χ4n) is 2.47. The number of hydrogen-bond acceptors (Lipinski definition) is 4. The van der Waals surface area contributed by atoms with Crippen molar-refractivity contribution < 1.29 is 4.79 Å². The van der Waals surface area contributed by atoms with E-state index in [1.165, 1.54) is 9.75 Å². The van der Waals surface area contributed by atoms with E-state index in [1.807, 2.05) is 19.0 Å². The lowest BCUT2D eigenvalue weighted by Gasteiger charge is -2.31. The van der Waals surface area contributed by atoms with Gasteiger partial charge in [0.2, 0.25) is 5.91 Å². The Kier molecular flexibility index (Phi) is 4.04. The molecule has 2 heterocycles. The number of hydrogen-bond donors (Lipinski definition) is 1. The molecule has 0 saturated carbocycles. The van der Waals surface area contributed by atoms with E-state index in [2.05, 4.69) is 36.2 Å². The molecule has 0 aliphatic carbocycles. The molecule has 2 rings (SSSR count). The van der Waals surface area contributed by atoms with E-state index in [0.29, 0.717) is 6.54 Å². The minimum atomic E-state index is 0.0474. The molecule has 1 aromatic heterocycles. The number of amides is 1. The Labute approximate surface area is 113 Å². The molecule has 1 amide bonds. The van der Waals surface area contributed by atoms with Crippen LogP contribution in [0.3, 0.4) is 0 Å². The molecule has 1 aromatic rings. The minimum Gasteiger partial charge on any atom is -0.317 e. The second-order valence-electron chi connectivity index (χ2n) is 5.14. The number of rotatable bonds is 4. The Hall–Kier alpha value is -0.910.